The molecular formula is C9H14MnO3. The van der Waals surface area contributed by atoms with Crippen molar-refractivity contribution < 1.29 is 31.5 Å². The molecule has 0 heterocycles. The van der Waals surface area contributed by atoms with E-state index in [-0.39, 0.29) is 17.1 Å². The summed E-state index contributed by atoms with van der Waals surface area (Å²) in [5, 5.41) is 0. The van der Waals surface area contributed by atoms with Crippen LogP contribution in [0.5, 0.6) is 0 Å². The predicted molar refractivity (Wildman–Crippen MR) is 48.9 cm³/mol. The molecule has 4 heteroatoms. The van der Waals surface area contributed by atoms with E-state index in [1.807, 2.05) is 20.4 Å². The van der Waals surface area contributed by atoms with Crippen LogP contribution in [0.3, 0.4) is 0 Å². The molecule has 0 aromatic heterocycles. The van der Waals surface area contributed by atoms with E-state index in [0.717, 1.165) is 0 Å². The molecule has 0 N–H and O–H groups in total. The van der Waals surface area contributed by atoms with Crippen LogP contribution in [-0.4, -0.2) is 20.4 Å². The van der Waals surface area contributed by atoms with Gasteiger partial charge in [-0.05, 0) is 13.3 Å². The van der Waals surface area contributed by atoms with E-state index in [1.165, 1.54) is 12.0 Å². The zero-order valence-corrected chi connectivity index (χ0v) is 8.84. The molecule has 0 aromatic rings. The summed E-state index contributed by atoms with van der Waals surface area (Å²) in [7, 11) is 0. The molecule has 0 bridgehead atoms. The second kappa shape index (κ2) is 30.5. The molecule has 1 aliphatic rings. The minimum atomic E-state index is 0. The number of rotatable bonds is 0. The predicted octanol–water partition coefficient (Wildman–Crippen LogP) is 1.34. The van der Waals surface area contributed by atoms with Gasteiger partial charge in [0.2, 0.25) is 0 Å². The van der Waals surface area contributed by atoms with Crippen molar-refractivity contribution in [2.75, 3.05) is 0 Å². The summed E-state index contributed by atoms with van der Waals surface area (Å²) in [5.41, 5.74) is 1.47. The molecular weight excluding hydrogens is 211 g/mol. The zero-order chi connectivity index (χ0) is 10.4. The van der Waals surface area contributed by atoms with Gasteiger partial charge in [0.1, 0.15) is 20.4 Å². The Balaban J connectivity index is -0.0000000508. The van der Waals surface area contributed by atoms with Crippen LogP contribution in [0, 0.1) is 0 Å². The minimum Gasteiger partial charge on any atom is -0.307 e. The summed E-state index contributed by atoms with van der Waals surface area (Å²) >= 11 is 0. The van der Waals surface area contributed by atoms with Gasteiger partial charge in [-0.2, -0.15) is 0 Å². The van der Waals surface area contributed by atoms with Gasteiger partial charge in [0, 0.05) is 17.1 Å². The van der Waals surface area contributed by atoms with Crippen molar-refractivity contribution in [3.63, 3.8) is 0 Å². The monoisotopic (exact) mass is 225 g/mol. The maximum absolute atomic E-state index is 8.00. The Bertz CT molecular complexity index is 139. The van der Waals surface area contributed by atoms with Crippen LogP contribution in [0.1, 0.15) is 13.3 Å². The number of hydrogen-bond acceptors (Lipinski definition) is 3. The van der Waals surface area contributed by atoms with Crippen LogP contribution >= 0.6 is 0 Å². The smallest absolute Gasteiger partial charge is 0.106 e. The molecule has 0 unspecified atom stereocenters. The Morgan fingerprint density at radius 2 is 1.46 bits per heavy atom. The van der Waals surface area contributed by atoms with E-state index in [4.69, 9.17) is 14.4 Å². The molecule has 3 nitrogen and oxygen atoms in total. The molecule has 0 amide bonds. The molecule has 0 aliphatic heterocycles. The van der Waals surface area contributed by atoms with Gasteiger partial charge in [0.25, 0.3) is 0 Å². The van der Waals surface area contributed by atoms with Crippen molar-refractivity contribution in [2.45, 2.75) is 13.3 Å². The first-order chi connectivity index (χ1) is 5.89. The summed E-state index contributed by atoms with van der Waals surface area (Å²) in [5.74, 6) is 0. The summed E-state index contributed by atoms with van der Waals surface area (Å²) in [4.78, 5) is 24.0. The normalized spacial score (nSPS) is 9.46. The number of allylic oxidation sites excluding steroid dienone is 4. The maximum Gasteiger partial charge on any atom is 0.106 e. The van der Waals surface area contributed by atoms with Crippen LogP contribution in [0.25, 0.3) is 0 Å². The van der Waals surface area contributed by atoms with E-state index in [9.17, 15) is 0 Å². The number of carbonyl (C=O) groups excluding carboxylic acids is 3. The van der Waals surface area contributed by atoms with Crippen molar-refractivity contribution in [3.05, 3.63) is 23.8 Å². The molecule has 1 aliphatic carbocycles. The Morgan fingerprint density at radius 3 is 1.54 bits per heavy atom. The average Bonchev–Trinajstić information content (AvgIpc) is 2.66. The van der Waals surface area contributed by atoms with Crippen LogP contribution in [-0.2, 0) is 31.5 Å². The Morgan fingerprint density at radius 1 is 1.08 bits per heavy atom. The van der Waals surface area contributed by atoms with E-state index < -0.39 is 0 Å². The summed E-state index contributed by atoms with van der Waals surface area (Å²) in [6, 6.07) is 0. The molecule has 75 valence electrons. The van der Waals surface area contributed by atoms with Gasteiger partial charge in [0.15, 0.2) is 0 Å². The summed E-state index contributed by atoms with van der Waals surface area (Å²) in [6.07, 6.45) is 7.56. The fraction of sp³-hybridized carbons (Fsp3) is 0.222. The minimum absolute atomic E-state index is 0. The molecule has 0 atom stereocenters. The number of hydrogen-bond donors (Lipinski definition) is 0. The third kappa shape index (κ3) is 24.7. The Kier molecular flexibility index (Phi) is 53.3. The van der Waals surface area contributed by atoms with Crippen molar-refractivity contribution in [1.29, 1.82) is 0 Å². The second-order valence-electron chi connectivity index (χ2n) is 1.65. The Labute approximate surface area is 89.4 Å². The van der Waals surface area contributed by atoms with Crippen molar-refractivity contribution in [2.24, 2.45) is 0 Å². The summed E-state index contributed by atoms with van der Waals surface area (Å²) in [6.45, 7) is 8.14. The quantitative estimate of drug-likeness (QED) is 0.584. The third-order valence-electron chi connectivity index (χ3n) is 0.957. The van der Waals surface area contributed by atoms with Gasteiger partial charge in [-0.25, -0.2) is 0 Å². The topological polar surface area (TPSA) is 51.2 Å². The zero-order valence-electron chi connectivity index (χ0n) is 7.66. The largest absolute Gasteiger partial charge is 0.307 e. The third-order valence-corrected chi connectivity index (χ3v) is 0.957. The second-order valence-corrected chi connectivity index (χ2v) is 1.65. The average molecular weight is 225 g/mol. The molecule has 0 spiro atoms. The van der Waals surface area contributed by atoms with Gasteiger partial charge in [-0.3, -0.25) is 0 Å². The molecule has 0 fully saturated rings. The fourth-order valence-corrected chi connectivity index (χ4v) is 0.554. The van der Waals surface area contributed by atoms with Crippen LogP contribution < -0.4 is 0 Å². The van der Waals surface area contributed by atoms with E-state index in [1.54, 1.807) is 0 Å². The maximum atomic E-state index is 8.00. The van der Waals surface area contributed by atoms with Gasteiger partial charge in [-0.1, -0.05) is 23.8 Å². The van der Waals surface area contributed by atoms with E-state index in [0.29, 0.717) is 0 Å². The first kappa shape index (κ1) is 22.7. The van der Waals surface area contributed by atoms with Crippen LogP contribution in [0.15, 0.2) is 23.8 Å². The van der Waals surface area contributed by atoms with E-state index in [2.05, 4.69) is 25.2 Å². The van der Waals surface area contributed by atoms with Gasteiger partial charge in [-0.15, -0.1) is 0 Å². The van der Waals surface area contributed by atoms with Crippen molar-refractivity contribution >= 4 is 20.4 Å². The first-order valence-corrected chi connectivity index (χ1v) is 3.08. The number of carbonyl (C=O) groups is 3. The van der Waals surface area contributed by atoms with Crippen molar-refractivity contribution in [3.8, 4) is 0 Å². The standard InChI is InChI=1S/C6H8.3CH2O.Mn/c1-6-4-2-3-5-6;3*1-2;/h2-4H,5H2,1H3;3*1H2;. The molecule has 13 heavy (non-hydrogen) atoms. The molecule has 0 saturated heterocycles. The fourth-order valence-electron chi connectivity index (χ4n) is 0.554. The SMILES string of the molecule is C=O.C=O.C=O.CC1=CC=CC1.[Mn]. The molecule has 1 radical (unpaired) electrons. The molecule has 0 aromatic carbocycles. The van der Waals surface area contributed by atoms with Crippen LogP contribution in [0.4, 0.5) is 0 Å². The Hall–Kier alpha value is -0.991. The summed E-state index contributed by atoms with van der Waals surface area (Å²) < 4.78 is 0. The van der Waals surface area contributed by atoms with Gasteiger partial charge in [0.05, 0.1) is 0 Å². The van der Waals surface area contributed by atoms with E-state index >= 15 is 0 Å². The van der Waals surface area contributed by atoms with Crippen molar-refractivity contribution in [1.82, 2.24) is 0 Å². The van der Waals surface area contributed by atoms with Crippen LogP contribution in [0.2, 0.25) is 0 Å². The van der Waals surface area contributed by atoms with Gasteiger partial charge >= 0.3 is 0 Å². The van der Waals surface area contributed by atoms with Gasteiger partial charge < -0.3 is 14.4 Å². The first-order valence-electron chi connectivity index (χ1n) is 3.08. The molecule has 1 rings (SSSR count). The molecule has 0 saturated carbocycles.